The van der Waals surface area contributed by atoms with Crippen molar-refractivity contribution in [3.63, 3.8) is 0 Å². The molecule has 6 rings (SSSR count). The number of para-hydroxylation sites is 1. The predicted molar refractivity (Wildman–Crippen MR) is 188 cm³/mol. The number of thiophene rings is 1. The summed E-state index contributed by atoms with van der Waals surface area (Å²) < 4.78 is 48.3. The number of ether oxygens (including phenoxy) is 1. The molecule has 1 aliphatic rings. The molecule has 3 amide bonds. The number of aromatic nitrogens is 1. The third-order valence-electron chi connectivity index (χ3n) is 7.98. The molecular formula is C37H32F3N5O4S. The number of anilines is 4. The number of nitrogens with one attached hydrogen (secondary N) is 3. The molecule has 13 heteroatoms. The first-order valence-corrected chi connectivity index (χ1v) is 16.7. The molecule has 0 unspecified atom stereocenters. The van der Waals surface area contributed by atoms with Gasteiger partial charge in [0.1, 0.15) is 29.0 Å². The van der Waals surface area contributed by atoms with Crippen LogP contribution in [0.3, 0.4) is 0 Å². The fourth-order valence-electron chi connectivity index (χ4n) is 5.54. The molecule has 256 valence electrons. The van der Waals surface area contributed by atoms with E-state index in [1.165, 1.54) is 23.1 Å². The molecule has 5 aromatic rings. The summed E-state index contributed by atoms with van der Waals surface area (Å²) >= 11 is 1.09. The smallest absolute Gasteiger partial charge is 0.265 e. The molecule has 3 aromatic carbocycles. The van der Waals surface area contributed by atoms with Crippen LogP contribution in [0.4, 0.5) is 36.1 Å². The lowest BCUT2D eigenvalue weighted by Crippen LogP contribution is -2.32. The van der Waals surface area contributed by atoms with Crippen molar-refractivity contribution in [1.29, 1.82) is 0 Å². The number of amides is 3. The van der Waals surface area contributed by atoms with Crippen molar-refractivity contribution >= 4 is 51.9 Å². The second-order valence-corrected chi connectivity index (χ2v) is 12.3. The van der Waals surface area contributed by atoms with Gasteiger partial charge in [0.25, 0.3) is 17.7 Å². The summed E-state index contributed by atoms with van der Waals surface area (Å²) in [7, 11) is 0. The summed E-state index contributed by atoms with van der Waals surface area (Å²) in [4.78, 5) is 46.6. The molecule has 0 atom stereocenters. The van der Waals surface area contributed by atoms with Crippen LogP contribution >= 0.6 is 11.3 Å². The van der Waals surface area contributed by atoms with Crippen molar-refractivity contribution in [3.8, 4) is 10.4 Å². The first-order valence-electron chi connectivity index (χ1n) is 15.9. The molecule has 0 saturated carbocycles. The number of nitrogens with zero attached hydrogens (tertiary/aromatic N) is 2. The highest BCUT2D eigenvalue weighted by Crippen LogP contribution is 2.42. The van der Waals surface area contributed by atoms with Gasteiger partial charge in [0, 0.05) is 54.2 Å². The van der Waals surface area contributed by atoms with E-state index in [4.69, 9.17) is 4.74 Å². The van der Waals surface area contributed by atoms with Gasteiger partial charge in [-0.3, -0.25) is 14.4 Å². The van der Waals surface area contributed by atoms with Crippen LogP contribution in [0.25, 0.3) is 10.4 Å². The quantitative estimate of drug-likeness (QED) is 0.122. The topological polar surface area (TPSA) is 113 Å². The summed E-state index contributed by atoms with van der Waals surface area (Å²) in [6.45, 7) is 3.91. The molecular weight excluding hydrogens is 667 g/mol. The zero-order valence-corrected chi connectivity index (χ0v) is 27.7. The molecule has 2 aromatic heterocycles. The van der Waals surface area contributed by atoms with Crippen LogP contribution in [-0.2, 0) is 11.2 Å². The van der Waals surface area contributed by atoms with Gasteiger partial charge in [0.05, 0.1) is 16.1 Å². The number of carbonyl (C=O) groups excluding carboxylic acids is 3. The molecule has 9 nitrogen and oxygen atoms in total. The number of hydrogen-bond acceptors (Lipinski definition) is 7. The highest BCUT2D eigenvalue weighted by molar-refractivity contribution is 7.17. The maximum absolute atomic E-state index is 14.6. The van der Waals surface area contributed by atoms with Crippen molar-refractivity contribution in [1.82, 2.24) is 4.98 Å². The summed E-state index contributed by atoms with van der Waals surface area (Å²) in [5.74, 6) is -3.36. The summed E-state index contributed by atoms with van der Waals surface area (Å²) in [5, 5.41) is 8.31. The number of pyridine rings is 1. The van der Waals surface area contributed by atoms with Crippen LogP contribution in [0.1, 0.15) is 49.3 Å². The van der Waals surface area contributed by atoms with E-state index < -0.39 is 29.0 Å². The lowest BCUT2D eigenvalue weighted by atomic mass is 10.1. The van der Waals surface area contributed by atoms with Gasteiger partial charge in [-0.15, -0.1) is 11.3 Å². The van der Waals surface area contributed by atoms with E-state index >= 15 is 0 Å². The molecule has 50 heavy (non-hydrogen) atoms. The Hall–Kier alpha value is -5.53. The van der Waals surface area contributed by atoms with Gasteiger partial charge >= 0.3 is 0 Å². The normalized spacial score (nSPS) is 12.0. The van der Waals surface area contributed by atoms with Crippen molar-refractivity contribution in [2.75, 3.05) is 47.2 Å². The van der Waals surface area contributed by atoms with Crippen molar-refractivity contribution in [3.05, 3.63) is 124 Å². The number of carbonyl (C=O) groups is 3. The Morgan fingerprint density at radius 3 is 2.46 bits per heavy atom. The largest absolute Gasteiger partial charge is 0.382 e. The van der Waals surface area contributed by atoms with E-state index in [2.05, 4.69) is 20.9 Å². The fraction of sp³-hybridized carbons (Fsp3) is 0.189. The van der Waals surface area contributed by atoms with Crippen molar-refractivity contribution in [2.45, 2.75) is 19.8 Å². The van der Waals surface area contributed by atoms with E-state index in [0.717, 1.165) is 35.5 Å². The molecule has 0 fully saturated rings. The van der Waals surface area contributed by atoms with E-state index in [1.807, 2.05) is 6.92 Å². The molecule has 0 saturated heterocycles. The lowest BCUT2D eigenvalue weighted by molar-refractivity contribution is 0.0985. The molecule has 0 radical (unpaired) electrons. The molecule has 0 bridgehead atoms. The number of halogens is 3. The van der Waals surface area contributed by atoms with Gasteiger partial charge < -0.3 is 25.6 Å². The minimum atomic E-state index is -0.901. The van der Waals surface area contributed by atoms with Crippen LogP contribution in [0.5, 0.6) is 0 Å². The van der Waals surface area contributed by atoms with Gasteiger partial charge in [-0.2, -0.15) is 0 Å². The summed E-state index contributed by atoms with van der Waals surface area (Å²) in [6.07, 6.45) is 2.68. The third kappa shape index (κ3) is 7.53. The zero-order chi connectivity index (χ0) is 35.2. The highest BCUT2D eigenvalue weighted by atomic mass is 32.1. The highest BCUT2D eigenvalue weighted by Gasteiger charge is 2.29. The van der Waals surface area contributed by atoms with Crippen molar-refractivity contribution in [2.24, 2.45) is 0 Å². The van der Waals surface area contributed by atoms with Crippen LogP contribution in [0.2, 0.25) is 0 Å². The van der Waals surface area contributed by atoms with E-state index in [1.54, 1.807) is 54.7 Å². The minimum Gasteiger partial charge on any atom is -0.382 e. The fourth-order valence-corrected chi connectivity index (χ4v) is 6.68. The molecule has 3 heterocycles. The maximum atomic E-state index is 14.6. The maximum Gasteiger partial charge on any atom is 0.265 e. The average Bonchev–Trinajstić information content (AvgIpc) is 3.48. The lowest BCUT2D eigenvalue weighted by Gasteiger charge is -2.23. The Balaban J connectivity index is 1.18. The van der Waals surface area contributed by atoms with Gasteiger partial charge in [-0.05, 0) is 98.1 Å². The Kier molecular flexibility index (Phi) is 10.5. The van der Waals surface area contributed by atoms with Crippen LogP contribution in [0.15, 0.2) is 85.1 Å². The molecule has 0 spiro atoms. The third-order valence-corrected chi connectivity index (χ3v) is 9.19. The molecule has 0 aliphatic carbocycles. The van der Waals surface area contributed by atoms with Crippen LogP contribution in [0, 0.1) is 17.5 Å². The van der Waals surface area contributed by atoms with E-state index in [-0.39, 0.29) is 23.2 Å². The monoisotopic (exact) mass is 699 g/mol. The van der Waals surface area contributed by atoms with E-state index in [9.17, 15) is 27.6 Å². The molecule has 1 aliphatic heterocycles. The SMILES string of the molecule is CCOCCCNc1ncccc1C(=O)Nc1ccc(C(=O)N2CCc3cc(C(=O)Nc4c(F)cccc4F)sc3-c3ccc(F)cc32)cc1. The van der Waals surface area contributed by atoms with Gasteiger partial charge in [0.2, 0.25) is 0 Å². The molecule has 3 N–H and O–H groups in total. The Labute approximate surface area is 290 Å². The summed E-state index contributed by atoms with van der Waals surface area (Å²) in [6, 6.07) is 18.7. The Morgan fingerprint density at radius 1 is 0.920 bits per heavy atom. The minimum absolute atomic E-state index is 0.169. The van der Waals surface area contributed by atoms with Gasteiger partial charge in [0.15, 0.2) is 0 Å². The first kappa shape index (κ1) is 34.3. The second-order valence-electron chi connectivity index (χ2n) is 11.3. The second kappa shape index (κ2) is 15.3. The van der Waals surface area contributed by atoms with Gasteiger partial charge in [-0.25, -0.2) is 18.2 Å². The standard InChI is InChI=1S/C37H32F3N5O4S/c1-2-49-19-5-17-42-34-27(6-4-16-41-34)35(46)43-25-12-9-22(10-13-25)37(48)45-18-15-23-20-31(36(47)44-32-28(39)7-3-8-29(32)40)50-33(23)26-14-11-24(38)21-30(26)45/h3-4,6-14,16,20-21H,2,5,15,17-19H2,1H3,(H,41,42)(H,43,46)(H,44,47). The summed E-state index contributed by atoms with van der Waals surface area (Å²) in [5.41, 5.74) is 2.17. The number of fused-ring (bicyclic) bond motifs is 3. The first-order chi connectivity index (χ1) is 24.2. The number of hydrogen-bond donors (Lipinski definition) is 3. The zero-order valence-electron chi connectivity index (χ0n) is 26.9. The Morgan fingerprint density at radius 2 is 1.70 bits per heavy atom. The predicted octanol–water partition coefficient (Wildman–Crippen LogP) is 7.77. The van der Waals surface area contributed by atoms with Crippen LogP contribution in [-0.4, -0.2) is 49.0 Å². The Bertz CT molecular complexity index is 2030. The number of rotatable bonds is 11. The van der Waals surface area contributed by atoms with Crippen molar-refractivity contribution < 1.29 is 32.3 Å². The van der Waals surface area contributed by atoms with Crippen LogP contribution < -0.4 is 20.9 Å². The number of benzene rings is 3. The average molecular weight is 700 g/mol. The van der Waals surface area contributed by atoms with Gasteiger partial charge in [-0.1, -0.05) is 6.07 Å². The van der Waals surface area contributed by atoms with E-state index in [0.29, 0.717) is 64.9 Å².